The molecule has 0 atom stereocenters. The van der Waals surface area contributed by atoms with E-state index in [0.29, 0.717) is 11.3 Å². The van der Waals surface area contributed by atoms with Gasteiger partial charge in [0, 0.05) is 0 Å². The summed E-state index contributed by atoms with van der Waals surface area (Å²) in [5.41, 5.74) is 1.38. The fourth-order valence-electron chi connectivity index (χ4n) is 2.90. The van der Waals surface area contributed by atoms with E-state index in [1.165, 1.54) is 19.3 Å². The van der Waals surface area contributed by atoms with Gasteiger partial charge in [-0.15, -0.1) is 6.42 Å². The molecule has 1 saturated heterocycles. The molecular formula is C22H17ClN2O5. The van der Waals surface area contributed by atoms with Gasteiger partial charge in [-0.05, 0) is 48.4 Å². The highest BCUT2D eigenvalue weighted by Gasteiger charge is 2.36. The maximum absolute atomic E-state index is 13.0. The molecule has 4 amide bonds. The third kappa shape index (κ3) is 4.14. The number of urea groups is 1. The summed E-state index contributed by atoms with van der Waals surface area (Å²) < 4.78 is 10.7. The van der Waals surface area contributed by atoms with Crippen LogP contribution in [0.2, 0.25) is 5.02 Å². The number of aryl methyl sites for hydroxylation is 1. The average molecular weight is 425 g/mol. The minimum Gasteiger partial charge on any atom is -0.493 e. The fourth-order valence-corrected chi connectivity index (χ4v) is 3.18. The minimum absolute atomic E-state index is 0.00896. The summed E-state index contributed by atoms with van der Waals surface area (Å²) in [6, 6.07) is 9.04. The summed E-state index contributed by atoms with van der Waals surface area (Å²) in [6.45, 7) is 1.82. The summed E-state index contributed by atoms with van der Waals surface area (Å²) in [6.07, 6.45) is 6.53. The first kappa shape index (κ1) is 21.0. The van der Waals surface area contributed by atoms with E-state index in [1.807, 2.05) is 13.0 Å². The van der Waals surface area contributed by atoms with Gasteiger partial charge in [0.2, 0.25) is 0 Å². The Balaban J connectivity index is 2.02. The number of methoxy groups -OCH3 is 1. The number of imide groups is 2. The molecule has 0 saturated carbocycles. The number of rotatable bonds is 5. The highest BCUT2D eigenvalue weighted by molar-refractivity contribution is 6.39. The topological polar surface area (TPSA) is 84.9 Å². The lowest BCUT2D eigenvalue weighted by molar-refractivity contribution is -0.122. The Labute approximate surface area is 178 Å². The molecule has 8 heteroatoms. The van der Waals surface area contributed by atoms with E-state index >= 15 is 0 Å². The Bertz CT molecular complexity index is 1120. The molecule has 1 heterocycles. The molecule has 1 aliphatic rings. The number of nitrogens with one attached hydrogen (secondary N) is 1. The molecule has 0 spiro atoms. The normalized spacial score (nSPS) is 15.1. The van der Waals surface area contributed by atoms with Crippen LogP contribution >= 0.6 is 11.6 Å². The Kier molecular flexibility index (Phi) is 6.09. The van der Waals surface area contributed by atoms with Gasteiger partial charge in [-0.2, -0.15) is 0 Å². The number of ether oxygens (including phenoxy) is 2. The maximum Gasteiger partial charge on any atom is 0.335 e. The van der Waals surface area contributed by atoms with Gasteiger partial charge in [-0.3, -0.25) is 14.9 Å². The van der Waals surface area contributed by atoms with Crippen molar-refractivity contribution in [3.8, 4) is 23.8 Å². The van der Waals surface area contributed by atoms with Crippen molar-refractivity contribution in [3.63, 3.8) is 0 Å². The van der Waals surface area contributed by atoms with Crippen molar-refractivity contribution in [3.05, 3.63) is 58.1 Å². The predicted octanol–water partition coefficient (Wildman–Crippen LogP) is 3.34. The van der Waals surface area contributed by atoms with E-state index in [2.05, 4.69) is 11.2 Å². The second kappa shape index (κ2) is 8.72. The summed E-state index contributed by atoms with van der Waals surface area (Å²) in [5, 5.41) is 2.37. The second-order valence-corrected chi connectivity index (χ2v) is 6.73. The van der Waals surface area contributed by atoms with Crippen molar-refractivity contribution in [2.45, 2.75) is 6.92 Å². The zero-order valence-corrected chi connectivity index (χ0v) is 16.9. The van der Waals surface area contributed by atoms with E-state index in [-0.39, 0.29) is 28.7 Å². The van der Waals surface area contributed by atoms with Crippen molar-refractivity contribution in [1.82, 2.24) is 5.32 Å². The number of anilines is 1. The first-order valence-corrected chi connectivity index (χ1v) is 9.15. The molecule has 3 rings (SSSR count). The van der Waals surface area contributed by atoms with Crippen molar-refractivity contribution in [2.75, 3.05) is 18.6 Å². The number of hydrogen-bond acceptors (Lipinski definition) is 5. The van der Waals surface area contributed by atoms with Gasteiger partial charge >= 0.3 is 6.03 Å². The predicted molar refractivity (Wildman–Crippen MR) is 113 cm³/mol. The third-order valence-electron chi connectivity index (χ3n) is 4.22. The van der Waals surface area contributed by atoms with Crippen LogP contribution in [0.5, 0.6) is 11.5 Å². The molecule has 7 nitrogen and oxygen atoms in total. The van der Waals surface area contributed by atoms with Gasteiger partial charge in [-0.25, -0.2) is 9.69 Å². The molecule has 0 unspecified atom stereocenters. The largest absolute Gasteiger partial charge is 0.493 e. The molecule has 152 valence electrons. The van der Waals surface area contributed by atoms with Crippen molar-refractivity contribution < 1.29 is 23.9 Å². The molecule has 1 fully saturated rings. The molecule has 0 aliphatic carbocycles. The van der Waals surface area contributed by atoms with Crippen LogP contribution in [-0.2, 0) is 9.59 Å². The van der Waals surface area contributed by atoms with Gasteiger partial charge in [0.25, 0.3) is 11.8 Å². The van der Waals surface area contributed by atoms with Crippen LogP contribution < -0.4 is 19.7 Å². The van der Waals surface area contributed by atoms with Crippen LogP contribution in [0.3, 0.4) is 0 Å². The van der Waals surface area contributed by atoms with Gasteiger partial charge in [0.05, 0.1) is 17.8 Å². The number of terminal acetylenes is 1. The molecule has 0 bridgehead atoms. The number of halogens is 1. The SMILES string of the molecule is C#CCOc1c(Cl)cc(/C=C2\C(=O)NC(=O)N(c3cccc(C)c3)C2=O)cc1OC. The zero-order chi connectivity index (χ0) is 21.8. The number of barbiturate groups is 1. The monoisotopic (exact) mass is 424 g/mol. The number of benzene rings is 2. The number of carbonyl (C=O) groups is 3. The quantitative estimate of drug-likeness (QED) is 0.452. The van der Waals surface area contributed by atoms with E-state index in [0.717, 1.165) is 10.5 Å². The van der Waals surface area contributed by atoms with Crippen LogP contribution in [0.25, 0.3) is 6.08 Å². The highest BCUT2D eigenvalue weighted by atomic mass is 35.5. The lowest BCUT2D eigenvalue weighted by atomic mass is 10.1. The first-order chi connectivity index (χ1) is 14.3. The van der Waals surface area contributed by atoms with Gasteiger partial charge in [0.15, 0.2) is 11.5 Å². The van der Waals surface area contributed by atoms with Crippen LogP contribution in [0.15, 0.2) is 42.0 Å². The lowest BCUT2D eigenvalue weighted by Crippen LogP contribution is -2.54. The Morgan fingerprint density at radius 2 is 2.00 bits per heavy atom. The summed E-state index contributed by atoms with van der Waals surface area (Å²) in [7, 11) is 1.42. The van der Waals surface area contributed by atoms with Crippen molar-refractivity contribution in [1.29, 1.82) is 0 Å². The standard InChI is InChI=1S/C22H17ClN2O5/c1-4-8-30-19-17(23)11-14(12-18(19)29-3)10-16-20(26)24-22(28)25(21(16)27)15-7-5-6-13(2)9-15/h1,5-7,9-12H,8H2,2-3H3,(H,24,26,28)/b16-10+. The van der Waals surface area contributed by atoms with Crippen LogP contribution in [-0.4, -0.2) is 31.6 Å². The summed E-state index contributed by atoms with van der Waals surface area (Å²) in [4.78, 5) is 38.5. The molecule has 0 aromatic heterocycles. The van der Waals surface area contributed by atoms with E-state index in [9.17, 15) is 14.4 Å². The second-order valence-electron chi connectivity index (χ2n) is 6.32. The number of nitrogens with zero attached hydrogens (tertiary/aromatic N) is 1. The molecule has 1 N–H and O–H groups in total. The number of amides is 4. The Morgan fingerprint density at radius 3 is 2.67 bits per heavy atom. The summed E-state index contributed by atoms with van der Waals surface area (Å²) in [5.74, 6) is 1.29. The maximum atomic E-state index is 13.0. The Morgan fingerprint density at radius 1 is 1.23 bits per heavy atom. The van der Waals surface area contributed by atoms with Crippen molar-refractivity contribution in [2.24, 2.45) is 0 Å². The van der Waals surface area contributed by atoms with Gasteiger partial charge in [-0.1, -0.05) is 29.7 Å². The minimum atomic E-state index is -0.818. The molecule has 0 radical (unpaired) electrons. The number of hydrogen-bond donors (Lipinski definition) is 1. The van der Waals surface area contributed by atoms with Gasteiger partial charge < -0.3 is 9.47 Å². The Hall–Kier alpha value is -3.76. The van der Waals surface area contributed by atoms with Crippen LogP contribution in [0.4, 0.5) is 10.5 Å². The van der Waals surface area contributed by atoms with Crippen molar-refractivity contribution >= 4 is 41.2 Å². The molecule has 1 aliphatic heterocycles. The fraction of sp³-hybridized carbons (Fsp3) is 0.136. The first-order valence-electron chi connectivity index (χ1n) is 8.77. The molecule has 2 aromatic carbocycles. The van der Waals surface area contributed by atoms with Gasteiger partial charge in [0.1, 0.15) is 12.2 Å². The summed E-state index contributed by atoms with van der Waals surface area (Å²) >= 11 is 6.25. The molecule has 30 heavy (non-hydrogen) atoms. The lowest BCUT2D eigenvalue weighted by Gasteiger charge is -2.26. The highest BCUT2D eigenvalue weighted by Crippen LogP contribution is 2.37. The van der Waals surface area contributed by atoms with Crippen LogP contribution in [0, 0.1) is 19.3 Å². The molecular weight excluding hydrogens is 408 g/mol. The third-order valence-corrected chi connectivity index (χ3v) is 4.50. The smallest absolute Gasteiger partial charge is 0.335 e. The van der Waals surface area contributed by atoms with E-state index < -0.39 is 17.8 Å². The zero-order valence-electron chi connectivity index (χ0n) is 16.2. The van der Waals surface area contributed by atoms with Crippen LogP contribution in [0.1, 0.15) is 11.1 Å². The van der Waals surface area contributed by atoms with E-state index in [1.54, 1.807) is 24.3 Å². The number of carbonyl (C=O) groups excluding carboxylic acids is 3. The average Bonchev–Trinajstić information content (AvgIpc) is 2.70. The van der Waals surface area contributed by atoms with E-state index in [4.69, 9.17) is 27.5 Å². The molecule has 2 aromatic rings.